The molecule has 7 heteroatoms. The van der Waals surface area contributed by atoms with Crippen LogP contribution in [0.3, 0.4) is 0 Å². The molecule has 0 bridgehead atoms. The summed E-state index contributed by atoms with van der Waals surface area (Å²) in [5.41, 5.74) is 2.87. The minimum Gasteiger partial charge on any atom is -0.271 e. The SMILES string of the molecule is NNC(Cc1ccn(C2CCCC2)n1)CC(F)(F)F. The number of halogens is 3. The van der Waals surface area contributed by atoms with Crippen molar-refractivity contribution in [1.82, 2.24) is 15.2 Å². The lowest BCUT2D eigenvalue weighted by molar-refractivity contribution is -0.140. The highest BCUT2D eigenvalue weighted by Crippen LogP contribution is 2.29. The molecule has 0 aromatic carbocycles. The van der Waals surface area contributed by atoms with E-state index < -0.39 is 18.6 Å². The van der Waals surface area contributed by atoms with E-state index in [4.69, 9.17) is 5.84 Å². The maximum atomic E-state index is 12.3. The van der Waals surface area contributed by atoms with Crippen LogP contribution in [0, 0.1) is 0 Å². The van der Waals surface area contributed by atoms with Crippen LogP contribution >= 0.6 is 0 Å². The Hall–Kier alpha value is -1.08. The van der Waals surface area contributed by atoms with E-state index in [1.54, 1.807) is 6.07 Å². The van der Waals surface area contributed by atoms with E-state index in [0.717, 1.165) is 12.8 Å². The van der Waals surface area contributed by atoms with Gasteiger partial charge in [-0.25, -0.2) is 0 Å². The van der Waals surface area contributed by atoms with Crippen molar-refractivity contribution in [2.75, 3.05) is 0 Å². The van der Waals surface area contributed by atoms with Gasteiger partial charge in [0, 0.05) is 18.7 Å². The molecule has 0 amide bonds. The number of nitrogens with one attached hydrogen (secondary N) is 1. The summed E-state index contributed by atoms with van der Waals surface area (Å²) in [6.07, 6.45) is 1.47. The zero-order chi connectivity index (χ0) is 13.9. The highest BCUT2D eigenvalue weighted by atomic mass is 19.4. The summed E-state index contributed by atoms with van der Waals surface area (Å²) in [4.78, 5) is 0. The highest BCUT2D eigenvalue weighted by molar-refractivity contribution is 5.02. The largest absolute Gasteiger partial charge is 0.390 e. The molecule has 108 valence electrons. The lowest BCUT2D eigenvalue weighted by Crippen LogP contribution is -2.40. The second-order valence-corrected chi connectivity index (χ2v) is 5.11. The van der Waals surface area contributed by atoms with E-state index in [1.165, 1.54) is 12.8 Å². The normalized spacial score (nSPS) is 18.9. The zero-order valence-corrected chi connectivity index (χ0v) is 10.7. The zero-order valence-electron chi connectivity index (χ0n) is 10.7. The Labute approximate surface area is 110 Å². The molecular weight excluding hydrogens is 257 g/mol. The van der Waals surface area contributed by atoms with E-state index in [9.17, 15) is 13.2 Å². The number of alkyl halides is 3. The Balaban J connectivity index is 1.94. The molecule has 19 heavy (non-hydrogen) atoms. The second kappa shape index (κ2) is 5.92. The molecule has 0 radical (unpaired) electrons. The van der Waals surface area contributed by atoms with E-state index in [0.29, 0.717) is 11.7 Å². The van der Waals surface area contributed by atoms with Crippen molar-refractivity contribution in [1.29, 1.82) is 0 Å². The smallest absolute Gasteiger partial charge is 0.271 e. The van der Waals surface area contributed by atoms with Gasteiger partial charge in [-0.2, -0.15) is 18.3 Å². The van der Waals surface area contributed by atoms with Crippen molar-refractivity contribution < 1.29 is 13.2 Å². The number of hydrogen-bond donors (Lipinski definition) is 2. The first-order chi connectivity index (χ1) is 8.98. The molecule has 0 aliphatic heterocycles. The van der Waals surface area contributed by atoms with Crippen LogP contribution in [0.5, 0.6) is 0 Å². The molecule has 0 spiro atoms. The third kappa shape index (κ3) is 4.21. The van der Waals surface area contributed by atoms with Gasteiger partial charge in [0.25, 0.3) is 0 Å². The number of aromatic nitrogens is 2. The quantitative estimate of drug-likeness (QED) is 0.641. The number of rotatable bonds is 5. The first kappa shape index (κ1) is 14.3. The lowest BCUT2D eigenvalue weighted by atomic mass is 10.1. The van der Waals surface area contributed by atoms with Gasteiger partial charge in [0.2, 0.25) is 0 Å². The van der Waals surface area contributed by atoms with E-state index in [2.05, 4.69) is 10.5 Å². The lowest BCUT2D eigenvalue weighted by Gasteiger charge is -2.16. The Bertz CT molecular complexity index is 396. The molecule has 1 saturated carbocycles. The first-order valence-corrected chi connectivity index (χ1v) is 6.55. The average Bonchev–Trinajstić information content (AvgIpc) is 2.95. The van der Waals surface area contributed by atoms with Crippen molar-refractivity contribution in [2.24, 2.45) is 5.84 Å². The molecule has 1 unspecified atom stereocenters. The third-order valence-electron chi connectivity index (χ3n) is 3.53. The van der Waals surface area contributed by atoms with Gasteiger partial charge in [0.05, 0.1) is 18.2 Å². The topological polar surface area (TPSA) is 55.9 Å². The van der Waals surface area contributed by atoms with Gasteiger partial charge in [-0.1, -0.05) is 12.8 Å². The number of nitrogens with two attached hydrogens (primary N) is 1. The maximum Gasteiger partial charge on any atom is 0.390 e. The van der Waals surface area contributed by atoms with Crippen LogP contribution in [-0.4, -0.2) is 22.0 Å². The van der Waals surface area contributed by atoms with Crippen molar-refractivity contribution in [3.8, 4) is 0 Å². The van der Waals surface area contributed by atoms with E-state index in [1.807, 2.05) is 10.9 Å². The first-order valence-electron chi connectivity index (χ1n) is 6.55. The summed E-state index contributed by atoms with van der Waals surface area (Å²) in [5.74, 6) is 5.17. The van der Waals surface area contributed by atoms with Crippen LogP contribution in [0.15, 0.2) is 12.3 Å². The van der Waals surface area contributed by atoms with Gasteiger partial charge in [0.15, 0.2) is 0 Å². The summed E-state index contributed by atoms with van der Waals surface area (Å²) in [5, 5.41) is 4.36. The number of nitrogens with zero attached hydrogens (tertiary/aromatic N) is 2. The van der Waals surface area contributed by atoms with E-state index >= 15 is 0 Å². The molecule has 1 aliphatic carbocycles. The molecule has 1 aliphatic rings. The van der Waals surface area contributed by atoms with Gasteiger partial charge in [0.1, 0.15) is 0 Å². The standard InChI is InChI=1S/C12H19F3N4/c13-12(14,15)8-10(17-16)7-9-5-6-19(18-9)11-3-1-2-4-11/h5-6,10-11,17H,1-4,7-8,16H2. The molecule has 1 atom stereocenters. The Morgan fingerprint density at radius 1 is 1.42 bits per heavy atom. The molecule has 0 saturated heterocycles. The van der Waals surface area contributed by atoms with Gasteiger partial charge in [-0.3, -0.25) is 16.0 Å². The highest BCUT2D eigenvalue weighted by Gasteiger charge is 2.31. The summed E-state index contributed by atoms with van der Waals surface area (Å²) in [7, 11) is 0. The van der Waals surface area contributed by atoms with Crippen molar-refractivity contribution in [3.05, 3.63) is 18.0 Å². The van der Waals surface area contributed by atoms with Crippen molar-refractivity contribution in [3.63, 3.8) is 0 Å². The Morgan fingerprint density at radius 3 is 2.68 bits per heavy atom. The van der Waals surface area contributed by atoms with Crippen LogP contribution in [-0.2, 0) is 6.42 Å². The minimum absolute atomic E-state index is 0.190. The summed E-state index contributed by atoms with van der Waals surface area (Å²) in [6, 6.07) is 1.35. The Morgan fingerprint density at radius 2 is 2.11 bits per heavy atom. The monoisotopic (exact) mass is 276 g/mol. The Kier molecular flexibility index (Phi) is 4.46. The summed E-state index contributed by atoms with van der Waals surface area (Å²) < 4.78 is 38.9. The molecule has 3 N–H and O–H groups in total. The van der Waals surface area contributed by atoms with Crippen LogP contribution in [0.2, 0.25) is 0 Å². The van der Waals surface area contributed by atoms with Crippen molar-refractivity contribution >= 4 is 0 Å². The average molecular weight is 276 g/mol. The number of hydrazine groups is 1. The summed E-state index contributed by atoms with van der Waals surface area (Å²) >= 11 is 0. The second-order valence-electron chi connectivity index (χ2n) is 5.11. The molecular formula is C12H19F3N4. The van der Waals surface area contributed by atoms with Gasteiger partial charge in [-0.05, 0) is 18.9 Å². The van der Waals surface area contributed by atoms with Crippen molar-refractivity contribution in [2.45, 2.75) is 56.8 Å². The van der Waals surface area contributed by atoms with Gasteiger partial charge >= 0.3 is 6.18 Å². The molecule has 1 aromatic heterocycles. The molecule has 1 aromatic rings. The van der Waals surface area contributed by atoms with Crippen LogP contribution in [0.1, 0.15) is 43.8 Å². The van der Waals surface area contributed by atoms with Crippen LogP contribution < -0.4 is 11.3 Å². The molecule has 2 rings (SSSR count). The van der Waals surface area contributed by atoms with Crippen LogP contribution in [0.25, 0.3) is 0 Å². The predicted molar refractivity (Wildman–Crippen MR) is 65.2 cm³/mol. The number of hydrogen-bond acceptors (Lipinski definition) is 3. The third-order valence-corrected chi connectivity index (χ3v) is 3.53. The van der Waals surface area contributed by atoms with Crippen LogP contribution in [0.4, 0.5) is 13.2 Å². The van der Waals surface area contributed by atoms with Gasteiger partial charge < -0.3 is 0 Å². The maximum absolute atomic E-state index is 12.3. The minimum atomic E-state index is -4.22. The fourth-order valence-electron chi connectivity index (χ4n) is 2.58. The van der Waals surface area contributed by atoms with Gasteiger partial charge in [-0.15, -0.1) is 0 Å². The molecule has 4 nitrogen and oxygen atoms in total. The predicted octanol–water partition coefficient (Wildman–Crippen LogP) is 2.32. The summed E-state index contributed by atoms with van der Waals surface area (Å²) in [6.45, 7) is 0. The molecule has 1 fully saturated rings. The van der Waals surface area contributed by atoms with E-state index in [-0.39, 0.29) is 6.42 Å². The fraction of sp³-hybridized carbons (Fsp3) is 0.750. The fourth-order valence-corrected chi connectivity index (χ4v) is 2.58. The molecule has 1 heterocycles.